The van der Waals surface area contributed by atoms with Crippen molar-refractivity contribution in [1.82, 2.24) is 4.57 Å². The van der Waals surface area contributed by atoms with Crippen LogP contribution in [0.25, 0.3) is 10.9 Å². The largest absolute Gasteiger partial charge is 0.378 e. The molecule has 0 atom stereocenters. The molecule has 2 nitrogen and oxygen atoms in total. The zero-order valence-corrected chi connectivity index (χ0v) is 9.83. The second-order valence-corrected chi connectivity index (χ2v) is 4.24. The summed E-state index contributed by atoms with van der Waals surface area (Å²) in [5.41, 5.74) is 2.01. The molecule has 16 heavy (non-hydrogen) atoms. The van der Waals surface area contributed by atoms with Crippen LogP contribution >= 0.6 is 0 Å². The van der Waals surface area contributed by atoms with Gasteiger partial charge < -0.3 is 9.30 Å². The Hall–Kier alpha value is -1.35. The van der Waals surface area contributed by atoms with Gasteiger partial charge in [0.15, 0.2) is 0 Å². The molecule has 0 aliphatic heterocycles. The van der Waals surface area contributed by atoms with Crippen molar-refractivity contribution in [2.24, 2.45) is 0 Å². The fourth-order valence-corrected chi connectivity index (χ4v) is 2.12. The first kappa shape index (κ1) is 11.1. The molecular formula is C13H16FNO. The summed E-state index contributed by atoms with van der Waals surface area (Å²) in [7, 11) is 1.67. The van der Waals surface area contributed by atoms with E-state index in [4.69, 9.17) is 4.74 Å². The third-order valence-electron chi connectivity index (χ3n) is 2.69. The maximum absolute atomic E-state index is 13.2. The Bertz CT molecular complexity index is 502. The molecule has 0 aliphatic rings. The molecule has 3 heteroatoms. The highest BCUT2D eigenvalue weighted by molar-refractivity contribution is 5.81. The lowest BCUT2D eigenvalue weighted by atomic mass is 10.2. The maximum atomic E-state index is 13.2. The fraction of sp³-hybridized carbons (Fsp3) is 0.385. The number of benzene rings is 1. The molecule has 1 aromatic carbocycles. The Kier molecular flexibility index (Phi) is 2.97. The third-order valence-corrected chi connectivity index (χ3v) is 2.69. The molecular weight excluding hydrogens is 205 g/mol. The number of rotatable bonds is 3. The lowest BCUT2D eigenvalue weighted by Gasteiger charge is -2.14. The highest BCUT2D eigenvalue weighted by Crippen LogP contribution is 2.25. The molecule has 2 aromatic rings. The van der Waals surface area contributed by atoms with Crippen molar-refractivity contribution in [3.8, 4) is 0 Å². The van der Waals surface area contributed by atoms with Crippen LogP contribution in [0.3, 0.4) is 0 Å². The summed E-state index contributed by atoms with van der Waals surface area (Å²) in [5, 5.41) is 1.06. The molecule has 0 aliphatic carbocycles. The Balaban J connectivity index is 2.67. The monoisotopic (exact) mass is 221 g/mol. The van der Waals surface area contributed by atoms with E-state index in [0.29, 0.717) is 12.6 Å². The van der Waals surface area contributed by atoms with E-state index in [1.165, 1.54) is 6.07 Å². The summed E-state index contributed by atoms with van der Waals surface area (Å²) >= 11 is 0. The van der Waals surface area contributed by atoms with Crippen LogP contribution in [0.2, 0.25) is 0 Å². The summed E-state index contributed by atoms with van der Waals surface area (Å²) in [5.74, 6) is -0.198. The molecule has 0 spiro atoms. The minimum absolute atomic E-state index is 0.198. The second-order valence-electron chi connectivity index (χ2n) is 4.24. The van der Waals surface area contributed by atoms with Crippen LogP contribution < -0.4 is 0 Å². The molecule has 0 radical (unpaired) electrons. The number of hydrogen-bond donors (Lipinski definition) is 0. The lowest BCUT2D eigenvalue weighted by molar-refractivity contribution is 0.177. The van der Waals surface area contributed by atoms with Gasteiger partial charge in [-0.05, 0) is 38.1 Å². The van der Waals surface area contributed by atoms with Crippen molar-refractivity contribution in [3.05, 3.63) is 35.8 Å². The van der Waals surface area contributed by atoms with Crippen molar-refractivity contribution >= 4 is 10.9 Å². The summed E-state index contributed by atoms with van der Waals surface area (Å²) in [4.78, 5) is 0. The number of aromatic nitrogens is 1. The molecule has 0 amide bonds. The minimum Gasteiger partial charge on any atom is -0.378 e. The average Bonchev–Trinajstić information content (AvgIpc) is 2.55. The highest BCUT2D eigenvalue weighted by Gasteiger charge is 2.11. The molecule has 0 fully saturated rings. The van der Waals surface area contributed by atoms with E-state index in [0.717, 1.165) is 16.6 Å². The van der Waals surface area contributed by atoms with Crippen molar-refractivity contribution in [2.75, 3.05) is 7.11 Å². The minimum atomic E-state index is -0.198. The summed E-state index contributed by atoms with van der Waals surface area (Å²) < 4.78 is 20.5. The van der Waals surface area contributed by atoms with Gasteiger partial charge in [0, 0.05) is 24.2 Å². The number of halogens is 1. The van der Waals surface area contributed by atoms with Gasteiger partial charge >= 0.3 is 0 Å². The van der Waals surface area contributed by atoms with Gasteiger partial charge in [-0.15, -0.1) is 0 Å². The van der Waals surface area contributed by atoms with Gasteiger partial charge in [0.2, 0.25) is 0 Å². The van der Waals surface area contributed by atoms with Gasteiger partial charge in [0.1, 0.15) is 5.82 Å². The van der Waals surface area contributed by atoms with Gasteiger partial charge in [0.25, 0.3) is 0 Å². The molecule has 0 bridgehead atoms. The standard InChI is InChI=1S/C13H16FNO/c1-9(2)15-12(8-16-3)6-10-4-5-11(14)7-13(10)15/h4-7,9H,8H2,1-3H3. The Labute approximate surface area is 94.6 Å². The zero-order chi connectivity index (χ0) is 11.7. The predicted molar refractivity (Wildman–Crippen MR) is 63.0 cm³/mol. The fourth-order valence-electron chi connectivity index (χ4n) is 2.12. The molecule has 1 heterocycles. The number of hydrogen-bond acceptors (Lipinski definition) is 1. The van der Waals surface area contributed by atoms with E-state index in [-0.39, 0.29) is 5.82 Å². The molecule has 2 rings (SSSR count). The second kappa shape index (κ2) is 4.26. The van der Waals surface area contributed by atoms with Crippen LogP contribution in [0.4, 0.5) is 4.39 Å². The van der Waals surface area contributed by atoms with Crippen LogP contribution in [0.15, 0.2) is 24.3 Å². The number of methoxy groups -OCH3 is 1. The number of ether oxygens (including phenoxy) is 1. The third kappa shape index (κ3) is 1.83. The van der Waals surface area contributed by atoms with E-state index in [9.17, 15) is 4.39 Å². The van der Waals surface area contributed by atoms with Crippen LogP contribution in [0.1, 0.15) is 25.6 Å². The van der Waals surface area contributed by atoms with Crippen LogP contribution in [0.5, 0.6) is 0 Å². The van der Waals surface area contributed by atoms with Crippen molar-refractivity contribution in [2.45, 2.75) is 26.5 Å². The van der Waals surface area contributed by atoms with Crippen LogP contribution in [-0.4, -0.2) is 11.7 Å². The molecule has 0 N–H and O–H groups in total. The van der Waals surface area contributed by atoms with E-state index < -0.39 is 0 Å². The normalized spacial score (nSPS) is 11.6. The van der Waals surface area contributed by atoms with E-state index in [1.54, 1.807) is 13.2 Å². The van der Waals surface area contributed by atoms with E-state index in [2.05, 4.69) is 24.5 Å². The predicted octanol–water partition coefficient (Wildman–Crippen LogP) is 3.51. The van der Waals surface area contributed by atoms with Gasteiger partial charge in [-0.1, -0.05) is 0 Å². The first-order valence-corrected chi connectivity index (χ1v) is 5.41. The SMILES string of the molecule is COCc1cc2ccc(F)cc2n1C(C)C. The van der Waals surface area contributed by atoms with Crippen molar-refractivity contribution < 1.29 is 9.13 Å². The molecule has 1 aromatic heterocycles. The zero-order valence-electron chi connectivity index (χ0n) is 9.83. The smallest absolute Gasteiger partial charge is 0.125 e. The molecule has 0 saturated heterocycles. The van der Waals surface area contributed by atoms with Gasteiger partial charge in [-0.2, -0.15) is 0 Å². The van der Waals surface area contributed by atoms with E-state index in [1.807, 2.05) is 6.07 Å². The van der Waals surface area contributed by atoms with Gasteiger partial charge in [-0.3, -0.25) is 0 Å². The summed E-state index contributed by atoms with van der Waals surface area (Å²) in [6.45, 7) is 4.72. The Morgan fingerprint density at radius 1 is 1.31 bits per heavy atom. The first-order valence-electron chi connectivity index (χ1n) is 5.41. The first-order chi connectivity index (χ1) is 7.63. The number of nitrogens with zero attached hydrogens (tertiary/aromatic N) is 1. The average molecular weight is 221 g/mol. The highest BCUT2D eigenvalue weighted by atomic mass is 19.1. The van der Waals surface area contributed by atoms with E-state index >= 15 is 0 Å². The Morgan fingerprint density at radius 2 is 2.06 bits per heavy atom. The molecule has 86 valence electrons. The summed E-state index contributed by atoms with van der Waals surface area (Å²) in [6, 6.07) is 7.23. The lowest BCUT2D eigenvalue weighted by Crippen LogP contribution is -2.06. The Morgan fingerprint density at radius 3 is 2.69 bits per heavy atom. The maximum Gasteiger partial charge on any atom is 0.125 e. The summed E-state index contributed by atoms with van der Waals surface area (Å²) in [6.07, 6.45) is 0. The van der Waals surface area contributed by atoms with Gasteiger partial charge in [-0.25, -0.2) is 4.39 Å². The van der Waals surface area contributed by atoms with Crippen molar-refractivity contribution in [3.63, 3.8) is 0 Å². The van der Waals surface area contributed by atoms with Gasteiger partial charge in [0.05, 0.1) is 12.1 Å². The molecule has 0 saturated carbocycles. The topological polar surface area (TPSA) is 14.2 Å². The van der Waals surface area contributed by atoms with Crippen molar-refractivity contribution in [1.29, 1.82) is 0 Å². The quantitative estimate of drug-likeness (QED) is 0.773. The van der Waals surface area contributed by atoms with Crippen LogP contribution in [0, 0.1) is 5.82 Å². The van der Waals surface area contributed by atoms with Crippen LogP contribution in [-0.2, 0) is 11.3 Å². The number of fused-ring (bicyclic) bond motifs is 1. The molecule has 0 unspecified atom stereocenters.